The number of carbonyl (C=O) groups excluding carboxylic acids is 2. The summed E-state index contributed by atoms with van der Waals surface area (Å²) in [6.45, 7) is 5.50. The molecule has 0 aliphatic heterocycles. The van der Waals surface area contributed by atoms with Crippen LogP contribution in [-0.2, 0) is 0 Å². The summed E-state index contributed by atoms with van der Waals surface area (Å²) in [5.74, 6) is -0.510. The van der Waals surface area contributed by atoms with Crippen LogP contribution in [0.1, 0.15) is 40.5 Å². The minimum Gasteiger partial charge on any atom is -0.438 e. The second-order valence-corrected chi connectivity index (χ2v) is 5.83. The van der Waals surface area contributed by atoms with Crippen molar-refractivity contribution in [2.75, 3.05) is 12.4 Å². The first-order chi connectivity index (χ1) is 10.8. The maximum absolute atomic E-state index is 12.4. The standard InChI is InChI=1S/C16H18ClN3O3/c1-9(2)20(4)16(22)11-5-6-12(17)13(7-11)19-15(21)14-10(3)18-8-23-14/h5-9H,1-4H3,(H,19,21). The van der Waals surface area contributed by atoms with Crippen molar-refractivity contribution in [3.8, 4) is 0 Å². The molecule has 1 aromatic heterocycles. The Kier molecular flexibility index (Phi) is 5.05. The minimum absolute atomic E-state index is 0.0630. The molecule has 1 N–H and O–H groups in total. The molecule has 0 fully saturated rings. The monoisotopic (exact) mass is 335 g/mol. The maximum Gasteiger partial charge on any atom is 0.293 e. The number of nitrogens with one attached hydrogen (secondary N) is 1. The zero-order valence-electron chi connectivity index (χ0n) is 13.4. The van der Waals surface area contributed by atoms with E-state index in [9.17, 15) is 9.59 Å². The number of amides is 2. The summed E-state index contributed by atoms with van der Waals surface area (Å²) in [5.41, 5.74) is 1.26. The van der Waals surface area contributed by atoms with E-state index in [-0.39, 0.29) is 17.7 Å². The van der Waals surface area contributed by atoms with E-state index in [4.69, 9.17) is 16.0 Å². The Hall–Kier alpha value is -2.34. The molecule has 6 nitrogen and oxygen atoms in total. The fourth-order valence-corrected chi connectivity index (χ4v) is 2.06. The lowest BCUT2D eigenvalue weighted by Gasteiger charge is -2.21. The average Bonchev–Trinajstić information content (AvgIpc) is 2.94. The number of hydrogen-bond donors (Lipinski definition) is 1. The molecule has 0 spiro atoms. The van der Waals surface area contributed by atoms with E-state index in [0.717, 1.165) is 0 Å². The predicted molar refractivity (Wildman–Crippen MR) is 87.9 cm³/mol. The van der Waals surface area contributed by atoms with E-state index < -0.39 is 5.91 Å². The molecule has 122 valence electrons. The van der Waals surface area contributed by atoms with Crippen LogP contribution >= 0.6 is 11.6 Å². The van der Waals surface area contributed by atoms with Gasteiger partial charge >= 0.3 is 0 Å². The van der Waals surface area contributed by atoms with Crippen LogP contribution in [0.15, 0.2) is 29.0 Å². The number of hydrogen-bond acceptors (Lipinski definition) is 4. The molecule has 1 aromatic carbocycles. The van der Waals surface area contributed by atoms with Crippen LogP contribution < -0.4 is 5.32 Å². The van der Waals surface area contributed by atoms with Gasteiger partial charge in [-0.15, -0.1) is 0 Å². The number of anilines is 1. The fourth-order valence-electron chi connectivity index (χ4n) is 1.89. The largest absolute Gasteiger partial charge is 0.438 e. The lowest BCUT2D eigenvalue weighted by Crippen LogP contribution is -2.33. The van der Waals surface area contributed by atoms with Crippen molar-refractivity contribution in [1.82, 2.24) is 9.88 Å². The molecule has 0 unspecified atom stereocenters. The van der Waals surface area contributed by atoms with Crippen LogP contribution in [0.5, 0.6) is 0 Å². The van der Waals surface area contributed by atoms with Crippen molar-refractivity contribution < 1.29 is 14.0 Å². The van der Waals surface area contributed by atoms with E-state index in [1.54, 1.807) is 37.1 Å². The third-order valence-electron chi connectivity index (χ3n) is 3.51. The molecule has 0 radical (unpaired) electrons. The highest BCUT2D eigenvalue weighted by atomic mass is 35.5. The number of carbonyl (C=O) groups is 2. The Labute approximate surface area is 139 Å². The van der Waals surface area contributed by atoms with E-state index in [1.165, 1.54) is 6.39 Å². The first-order valence-corrected chi connectivity index (χ1v) is 7.47. The van der Waals surface area contributed by atoms with Crippen LogP contribution in [0, 0.1) is 6.92 Å². The number of aromatic nitrogens is 1. The number of rotatable bonds is 4. The van der Waals surface area contributed by atoms with Crippen molar-refractivity contribution in [3.05, 3.63) is 46.6 Å². The fraction of sp³-hybridized carbons (Fsp3) is 0.312. The Morgan fingerprint density at radius 2 is 2.04 bits per heavy atom. The summed E-state index contributed by atoms with van der Waals surface area (Å²) >= 11 is 6.10. The van der Waals surface area contributed by atoms with Crippen molar-refractivity contribution >= 4 is 29.1 Å². The van der Waals surface area contributed by atoms with Gasteiger partial charge in [-0.25, -0.2) is 4.98 Å². The van der Waals surface area contributed by atoms with Gasteiger partial charge in [-0.1, -0.05) is 11.6 Å². The van der Waals surface area contributed by atoms with Gasteiger partial charge in [0.2, 0.25) is 5.76 Å². The zero-order chi connectivity index (χ0) is 17.1. The number of halogens is 1. The molecule has 7 heteroatoms. The third kappa shape index (κ3) is 3.71. The van der Waals surface area contributed by atoms with Gasteiger partial charge in [-0.05, 0) is 39.0 Å². The SMILES string of the molecule is Cc1ncoc1C(=O)Nc1cc(C(=O)N(C)C(C)C)ccc1Cl. The summed E-state index contributed by atoms with van der Waals surface area (Å²) in [6, 6.07) is 4.81. The first-order valence-electron chi connectivity index (χ1n) is 7.09. The molecule has 2 rings (SSSR count). The third-order valence-corrected chi connectivity index (χ3v) is 3.84. The van der Waals surface area contributed by atoms with Crippen LogP contribution in [-0.4, -0.2) is 34.8 Å². The summed E-state index contributed by atoms with van der Waals surface area (Å²) < 4.78 is 5.04. The molecule has 0 atom stereocenters. The van der Waals surface area contributed by atoms with Gasteiger partial charge in [0.1, 0.15) is 0 Å². The normalized spacial score (nSPS) is 10.7. The lowest BCUT2D eigenvalue weighted by molar-refractivity contribution is 0.0754. The van der Waals surface area contributed by atoms with Crippen LogP contribution in [0.4, 0.5) is 5.69 Å². The highest BCUT2D eigenvalue weighted by Gasteiger charge is 2.18. The number of aryl methyl sites for hydroxylation is 1. The summed E-state index contributed by atoms with van der Waals surface area (Å²) in [6.07, 6.45) is 1.20. The Bertz CT molecular complexity index is 740. The first kappa shape index (κ1) is 17.0. The highest BCUT2D eigenvalue weighted by Crippen LogP contribution is 2.25. The van der Waals surface area contributed by atoms with Crippen molar-refractivity contribution in [2.24, 2.45) is 0 Å². The lowest BCUT2D eigenvalue weighted by atomic mass is 10.1. The van der Waals surface area contributed by atoms with Gasteiger partial charge in [-0.2, -0.15) is 0 Å². The molecule has 0 aliphatic rings. The Morgan fingerprint density at radius 1 is 1.35 bits per heavy atom. The number of nitrogens with zero attached hydrogens (tertiary/aromatic N) is 2. The summed E-state index contributed by atoms with van der Waals surface area (Å²) in [5, 5.41) is 2.97. The highest BCUT2D eigenvalue weighted by molar-refractivity contribution is 6.34. The van der Waals surface area contributed by atoms with Crippen LogP contribution in [0.3, 0.4) is 0 Å². The summed E-state index contributed by atoms with van der Waals surface area (Å²) in [4.78, 5) is 30.0. The van der Waals surface area contributed by atoms with Gasteiger partial charge < -0.3 is 14.6 Å². The molecular formula is C16H18ClN3O3. The summed E-state index contributed by atoms with van der Waals surface area (Å²) in [7, 11) is 1.72. The van der Waals surface area contributed by atoms with E-state index in [2.05, 4.69) is 10.3 Å². The Balaban J connectivity index is 2.26. The van der Waals surface area contributed by atoms with E-state index in [0.29, 0.717) is 22.0 Å². The average molecular weight is 336 g/mol. The second-order valence-electron chi connectivity index (χ2n) is 5.43. The molecule has 23 heavy (non-hydrogen) atoms. The van der Waals surface area contributed by atoms with E-state index in [1.807, 2.05) is 13.8 Å². The molecular weight excluding hydrogens is 318 g/mol. The van der Waals surface area contributed by atoms with Gasteiger partial charge in [0, 0.05) is 18.7 Å². The molecule has 1 heterocycles. The van der Waals surface area contributed by atoms with Crippen molar-refractivity contribution in [1.29, 1.82) is 0 Å². The maximum atomic E-state index is 12.4. The molecule has 0 aliphatic carbocycles. The van der Waals surface area contributed by atoms with Crippen LogP contribution in [0.2, 0.25) is 5.02 Å². The van der Waals surface area contributed by atoms with Gasteiger partial charge in [-0.3, -0.25) is 9.59 Å². The number of oxazole rings is 1. The van der Waals surface area contributed by atoms with Crippen LogP contribution in [0.25, 0.3) is 0 Å². The molecule has 2 aromatic rings. The number of benzene rings is 1. The van der Waals surface area contributed by atoms with Gasteiger partial charge in [0.05, 0.1) is 16.4 Å². The quantitative estimate of drug-likeness (QED) is 0.929. The minimum atomic E-state index is -0.469. The zero-order valence-corrected chi connectivity index (χ0v) is 14.1. The molecule has 0 saturated carbocycles. The molecule has 2 amide bonds. The second kappa shape index (κ2) is 6.83. The van der Waals surface area contributed by atoms with Crippen molar-refractivity contribution in [3.63, 3.8) is 0 Å². The van der Waals surface area contributed by atoms with Crippen molar-refractivity contribution in [2.45, 2.75) is 26.8 Å². The van der Waals surface area contributed by atoms with E-state index >= 15 is 0 Å². The topological polar surface area (TPSA) is 75.4 Å². The van der Waals surface area contributed by atoms with Gasteiger partial charge in [0.15, 0.2) is 6.39 Å². The Morgan fingerprint density at radius 3 is 2.61 bits per heavy atom. The predicted octanol–water partition coefficient (Wildman–Crippen LogP) is 3.37. The smallest absolute Gasteiger partial charge is 0.293 e. The van der Waals surface area contributed by atoms with Gasteiger partial charge in [0.25, 0.3) is 11.8 Å². The molecule has 0 saturated heterocycles. The molecule has 0 bridgehead atoms.